The van der Waals surface area contributed by atoms with E-state index < -0.39 is 0 Å². The molecular formula is C10H14Cl2N2. The van der Waals surface area contributed by atoms with Crippen LogP contribution in [0.4, 0.5) is 0 Å². The second-order valence-electron chi connectivity index (χ2n) is 3.24. The van der Waals surface area contributed by atoms with E-state index in [9.17, 15) is 0 Å². The minimum atomic E-state index is 0.602. The second kappa shape index (κ2) is 5.56. The first kappa shape index (κ1) is 11.8. The Morgan fingerprint density at radius 1 is 1.36 bits per heavy atom. The number of halogens is 2. The maximum Gasteiger partial charge on any atom is 0.0637 e. The summed E-state index contributed by atoms with van der Waals surface area (Å²) in [6.07, 6.45) is 0. The van der Waals surface area contributed by atoms with Gasteiger partial charge in [0.15, 0.2) is 0 Å². The van der Waals surface area contributed by atoms with Crippen molar-refractivity contribution in [2.24, 2.45) is 5.73 Å². The second-order valence-corrected chi connectivity index (χ2v) is 4.02. The fourth-order valence-corrected chi connectivity index (χ4v) is 1.64. The zero-order valence-corrected chi connectivity index (χ0v) is 9.65. The van der Waals surface area contributed by atoms with E-state index in [-0.39, 0.29) is 0 Å². The molecule has 0 fully saturated rings. The van der Waals surface area contributed by atoms with Gasteiger partial charge in [-0.2, -0.15) is 0 Å². The summed E-state index contributed by atoms with van der Waals surface area (Å²) in [4.78, 5) is 2.11. The van der Waals surface area contributed by atoms with E-state index in [1.165, 1.54) is 0 Å². The Morgan fingerprint density at radius 2 is 2.07 bits per heavy atom. The van der Waals surface area contributed by atoms with Gasteiger partial charge in [-0.05, 0) is 18.7 Å². The third-order valence-corrected chi connectivity index (χ3v) is 2.84. The third kappa shape index (κ3) is 3.14. The van der Waals surface area contributed by atoms with Crippen LogP contribution in [0.1, 0.15) is 5.56 Å². The smallest absolute Gasteiger partial charge is 0.0637 e. The van der Waals surface area contributed by atoms with Gasteiger partial charge in [0.05, 0.1) is 10.0 Å². The topological polar surface area (TPSA) is 29.3 Å². The van der Waals surface area contributed by atoms with Crippen LogP contribution in [0.25, 0.3) is 0 Å². The Kier molecular flexibility index (Phi) is 4.69. The Labute approximate surface area is 94.6 Å². The Hall–Kier alpha value is -0.280. The number of hydrogen-bond donors (Lipinski definition) is 1. The SMILES string of the molecule is CN(CCN)Cc1cccc(Cl)c1Cl. The van der Waals surface area contributed by atoms with Crippen molar-refractivity contribution in [2.75, 3.05) is 20.1 Å². The molecule has 78 valence electrons. The van der Waals surface area contributed by atoms with Gasteiger partial charge in [-0.3, -0.25) is 0 Å². The number of nitrogens with two attached hydrogens (primary N) is 1. The van der Waals surface area contributed by atoms with Gasteiger partial charge in [-0.15, -0.1) is 0 Å². The largest absolute Gasteiger partial charge is 0.329 e. The molecule has 1 aromatic carbocycles. The highest BCUT2D eigenvalue weighted by Crippen LogP contribution is 2.26. The Balaban J connectivity index is 2.71. The maximum atomic E-state index is 6.05. The van der Waals surface area contributed by atoms with Crippen LogP contribution >= 0.6 is 23.2 Å². The predicted octanol–water partition coefficient (Wildman–Crippen LogP) is 2.38. The number of hydrogen-bond acceptors (Lipinski definition) is 2. The lowest BCUT2D eigenvalue weighted by molar-refractivity contribution is 0.336. The molecule has 0 amide bonds. The van der Waals surface area contributed by atoms with E-state index in [2.05, 4.69) is 4.90 Å². The van der Waals surface area contributed by atoms with E-state index >= 15 is 0 Å². The van der Waals surface area contributed by atoms with Gasteiger partial charge < -0.3 is 10.6 Å². The summed E-state index contributed by atoms with van der Waals surface area (Å²) in [6.45, 7) is 2.27. The fraction of sp³-hybridized carbons (Fsp3) is 0.400. The first-order valence-corrected chi connectivity index (χ1v) is 5.22. The average molecular weight is 233 g/mol. The summed E-state index contributed by atoms with van der Waals surface area (Å²) in [5.41, 5.74) is 6.49. The summed E-state index contributed by atoms with van der Waals surface area (Å²) >= 11 is 11.9. The molecule has 0 aliphatic heterocycles. The zero-order valence-electron chi connectivity index (χ0n) is 8.13. The zero-order chi connectivity index (χ0) is 10.6. The highest BCUT2D eigenvalue weighted by molar-refractivity contribution is 6.42. The van der Waals surface area contributed by atoms with Crippen molar-refractivity contribution in [3.05, 3.63) is 33.8 Å². The van der Waals surface area contributed by atoms with Crippen LogP contribution in [0.3, 0.4) is 0 Å². The van der Waals surface area contributed by atoms with E-state index in [0.29, 0.717) is 16.6 Å². The van der Waals surface area contributed by atoms with Crippen LogP contribution in [0.15, 0.2) is 18.2 Å². The minimum Gasteiger partial charge on any atom is -0.329 e. The summed E-state index contributed by atoms with van der Waals surface area (Å²) in [6, 6.07) is 5.66. The van der Waals surface area contributed by atoms with E-state index in [0.717, 1.165) is 18.7 Å². The van der Waals surface area contributed by atoms with Gasteiger partial charge >= 0.3 is 0 Å². The fourth-order valence-electron chi connectivity index (χ4n) is 1.26. The summed E-state index contributed by atoms with van der Waals surface area (Å²) in [7, 11) is 2.00. The van der Waals surface area contributed by atoms with E-state index in [1.54, 1.807) is 6.07 Å². The van der Waals surface area contributed by atoms with Crippen LogP contribution in [-0.2, 0) is 6.54 Å². The molecule has 0 spiro atoms. The molecule has 0 saturated carbocycles. The van der Waals surface area contributed by atoms with Gasteiger partial charge in [0.2, 0.25) is 0 Å². The van der Waals surface area contributed by atoms with Crippen LogP contribution in [-0.4, -0.2) is 25.0 Å². The summed E-state index contributed by atoms with van der Waals surface area (Å²) < 4.78 is 0. The monoisotopic (exact) mass is 232 g/mol. The molecular weight excluding hydrogens is 219 g/mol. The van der Waals surface area contributed by atoms with Crippen LogP contribution in [0.5, 0.6) is 0 Å². The number of benzene rings is 1. The van der Waals surface area contributed by atoms with Crippen molar-refractivity contribution >= 4 is 23.2 Å². The minimum absolute atomic E-state index is 0.602. The normalized spacial score (nSPS) is 10.9. The first-order chi connectivity index (χ1) is 6.65. The number of nitrogens with zero attached hydrogens (tertiary/aromatic N) is 1. The lowest BCUT2D eigenvalue weighted by Gasteiger charge is -2.16. The molecule has 1 aromatic rings. The standard InChI is InChI=1S/C10H14Cl2N2/c1-14(6-5-13)7-8-3-2-4-9(11)10(8)12/h2-4H,5-7,13H2,1H3. The van der Waals surface area contributed by atoms with Crippen molar-refractivity contribution in [3.63, 3.8) is 0 Å². The van der Waals surface area contributed by atoms with Crippen LogP contribution in [0, 0.1) is 0 Å². The van der Waals surface area contributed by atoms with Gasteiger partial charge in [-0.1, -0.05) is 35.3 Å². The molecule has 0 atom stereocenters. The summed E-state index contributed by atoms with van der Waals surface area (Å²) in [5, 5.41) is 1.24. The van der Waals surface area contributed by atoms with Crippen molar-refractivity contribution in [1.82, 2.24) is 4.90 Å². The van der Waals surface area contributed by atoms with Gasteiger partial charge in [0.1, 0.15) is 0 Å². The molecule has 0 saturated heterocycles. The predicted molar refractivity (Wildman–Crippen MR) is 61.9 cm³/mol. The highest BCUT2D eigenvalue weighted by atomic mass is 35.5. The molecule has 14 heavy (non-hydrogen) atoms. The van der Waals surface area contributed by atoms with Crippen molar-refractivity contribution < 1.29 is 0 Å². The Bertz CT molecular complexity index is 302. The maximum absolute atomic E-state index is 6.05. The quantitative estimate of drug-likeness (QED) is 0.865. The molecule has 2 N–H and O–H groups in total. The highest BCUT2D eigenvalue weighted by Gasteiger charge is 2.06. The molecule has 1 rings (SSSR count). The molecule has 0 heterocycles. The van der Waals surface area contributed by atoms with Crippen LogP contribution in [0.2, 0.25) is 10.0 Å². The van der Waals surface area contributed by atoms with Crippen molar-refractivity contribution in [3.8, 4) is 0 Å². The molecule has 0 aromatic heterocycles. The van der Waals surface area contributed by atoms with Gasteiger partial charge in [0.25, 0.3) is 0 Å². The number of rotatable bonds is 4. The van der Waals surface area contributed by atoms with E-state index in [4.69, 9.17) is 28.9 Å². The van der Waals surface area contributed by atoms with Gasteiger partial charge in [0, 0.05) is 19.6 Å². The molecule has 2 nitrogen and oxygen atoms in total. The van der Waals surface area contributed by atoms with E-state index in [1.807, 2.05) is 19.2 Å². The van der Waals surface area contributed by atoms with Crippen molar-refractivity contribution in [1.29, 1.82) is 0 Å². The molecule has 0 unspecified atom stereocenters. The lowest BCUT2D eigenvalue weighted by atomic mass is 10.2. The van der Waals surface area contributed by atoms with Crippen molar-refractivity contribution in [2.45, 2.75) is 6.54 Å². The molecule has 0 aliphatic rings. The molecule has 4 heteroatoms. The molecule has 0 aliphatic carbocycles. The van der Waals surface area contributed by atoms with Gasteiger partial charge in [-0.25, -0.2) is 0 Å². The summed E-state index contributed by atoms with van der Waals surface area (Å²) in [5.74, 6) is 0. The third-order valence-electron chi connectivity index (χ3n) is 1.98. The molecule has 0 bridgehead atoms. The van der Waals surface area contributed by atoms with Crippen LogP contribution < -0.4 is 5.73 Å². The Morgan fingerprint density at radius 3 is 2.71 bits per heavy atom. The molecule has 0 radical (unpaired) electrons. The average Bonchev–Trinajstić information content (AvgIpc) is 2.13. The number of likely N-dealkylation sites (N-methyl/N-ethyl adjacent to an activating group) is 1. The first-order valence-electron chi connectivity index (χ1n) is 4.46. The lowest BCUT2D eigenvalue weighted by Crippen LogP contribution is -2.25.